The van der Waals surface area contributed by atoms with E-state index in [4.69, 9.17) is 22.2 Å². The fraction of sp³-hybridized carbons (Fsp3) is 0.231. The molecule has 0 saturated heterocycles. The summed E-state index contributed by atoms with van der Waals surface area (Å²) >= 11 is 6.12. The van der Waals surface area contributed by atoms with Gasteiger partial charge < -0.3 is 10.2 Å². The summed E-state index contributed by atoms with van der Waals surface area (Å²) in [4.78, 5) is 8.29. The van der Waals surface area contributed by atoms with E-state index in [1.165, 1.54) is 0 Å². The molecule has 1 aromatic carbocycles. The van der Waals surface area contributed by atoms with Gasteiger partial charge in [-0.2, -0.15) is 4.98 Å². The first-order valence-corrected chi connectivity index (χ1v) is 6.14. The number of nitrogens with two attached hydrogens (primary N) is 1. The van der Waals surface area contributed by atoms with E-state index >= 15 is 0 Å². The van der Waals surface area contributed by atoms with Gasteiger partial charge in [-0.3, -0.25) is 0 Å². The molecule has 5 nitrogen and oxygen atoms in total. The van der Waals surface area contributed by atoms with Crippen LogP contribution in [0.1, 0.15) is 17.0 Å². The fourth-order valence-corrected chi connectivity index (χ4v) is 1.86. The predicted molar refractivity (Wildman–Crippen MR) is 75.6 cm³/mol. The summed E-state index contributed by atoms with van der Waals surface area (Å²) in [5.41, 5.74) is 4.39. The van der Waals surface area contributed by atoms with Crippen molar-refractivity contribution in [2.75, 3.05) is 5.43 Å². The monoisotopic (exact) mass is 278 g/mol. The van der Waals surface area contributed by atoms with E-state index in [1.807, 2.05) is 26.0 Å². The summed E-state index contributed by atoms with van der Waals surface area (Å²) in [6.45, 7) is 5.63. The normalized spacial score (nSPS) is 10.4. The minimum Gasteiger partial charge on any atom is -0.439 e. The average Bonchev–Trinajstić information content (AvgIpc) is 2.35. The molecule has 2 aromatic rings. The number of hydrogen-bond acceptors (Lipinski definition) is 5. The van der Waals surface area contributed by atoms with Crippen LogP contribution in [0.3, 0.4) is 0 Å². The van der Waals surface area contributed by atoms with Crippen LogP contribution in [-0.2, 0) is 0 Å². The summed E-state index contributed by atoms with van der Waals surface area (Å²) in [5.74, 6) is 7.53. The van der Waals surface area contributed by atoms with Gasteiger partial charge in [-0.15, -0.1) is 0 Å². The number of halogens is 1. The van der Waals surface area contributed by atoms with Crippen LogP contribution in [0.2, 0.25) is 5.02 Å². The number of aromatic nitrogens is 2. The van der Waals surface area contributed by atoms with Crippen LogP contribution in [0, 0.1) is 20.8 Å². The van der Waals surface area contributed by atoms with E-state index in [0.29, 0.717) is 23.3 Å². The fourth-order valence-electron chi connectivity index (χ4n) is 1.75. The lowest BCUT2D eigenvalue weighted by molar-refractivity contribution is 0.459. The summed E-state index contributed by atoms with van der Waals surface area (Å²) in [7, 11) is 0. The molecule has 0 radical (unpaired) electrons. The number of hydrazine groups is 1. The van der Waals surface area contributed by atoms with E-state index in [2.05, 4.69) is 15.4 Å². The molecule has 100 valence electrons. The molecule has 19 heavy (non-hydrogen) atoms. The number of aryl methyl sites for hydroxylation is 3. The van der Waals surface area contributed by atoms with Crippen molar-refractivity contribution in [2.45, 2.75) is 20.8 Å². The molecule has 0 spiro atoms. The minimum absolute atomic E-state index is 0.432. The van der Waals surface area contributed by atoms with Gasteiger partial charge in [0.05, 0.1) is 0 Å². The maximum atomic E-state index is 6.12. The Bertz CT molecular complexity index is 593. The minimum atomic E-state index is 0.432. The van der Waals surface area contributed by atoms with E-state index in [9.17, 15) is 0 Å². The van der Waals surface area contributed by atoms with Crippen LogP contribution in [0.15, 0.2) is 18.2 Å². The molecule has 0 bridgehead atoms. The summed E-state index contributed by atoms with van der Waals surface area (Å²) in [5, 5.41) is 0.746. The SMILES string of the molecule is Cc1nc(NN)cc(Oc2cc(C)c(Cl)c(C)c2)n1. The maximum absolute atomic E-state index is 6.12. The smallest absolute Gasteiger partial charge is 0.224 e. The Balaban J connectivity index is 2.33. The van der Waals surface area contributed by atoms with Gasteiger partial charge in [-0.05, 0) is 44.0 Å². The second-order valence-electron chi connectivity index (χ2n) is 4.26. The Morgan fingerprint density at radius 1 is 1.11 bits per heavy atom. The zero-order valence-electron chi connectivity index (χ0n) is 11.0. The van der Waals surface area contributed by atoms with Gasteiger partial charge in [-0.1, -0.05) is 11.6 Å². The third kappa shape index (κ3) is 3.13. The molecular weight excluding hydrogens is 264 g/mol. The molecule has 0 atom stereocenters. The van der Waals surface area contributed by atoms with Crippen molar-refractivity contribution in [3.05, 3.63) is 40.2 Å². The summed E-state index contributed by atoms with van der Waals surface area (Å²) < 4.78 is 5.71. The van der Waals surface area contributed by atoms with Crippen LogP contribution < -0.4 is 16.0 Å². The maximum Gasteiger partial charge on any atom is 0.224 e. The highest BCUT2D eigenvalue weighted by molar-refractivity contribution is 6.32. The van der Waals surface area contributed by atoms with Crippen LogP contribution in [-0.4, -0.2) is 9.97 Å². The number of nitrogens with zero attached hydrogens (tertiary/aromatic N) is 2. The van der Waals surface area contributed by atoms with Crippen molar-refractivity contribution in [1.82, 2.24) is 9.97 Å². The molecule has 0 aliphatic heterocycles. The van der Waals surface area contributed by atoms with Crippen LogP contribution in [0.25, 0.3) is 0 Å². The first-order valence-electron chi connectivity index (χ1n) is 5.76. The number of rotatable bonds is 3. The highest BCUT2D eigenvalue weighted by Crippen LogP contribution is 2.29. The highest BCUT2D eigenvalue weighted by atomic mass is 35.5. The van der Waals surface area contributed by atoms with E-state index in [-0.39, 0.29) is 0 Å². The van der Waals surface area contributed by atoms with Gasteiger partial charge in [-0.25, -0.2) is 10.8 Å². The Kier molecular flexibility index (Phi) is 3.87. The molecule has 2 rings (SSSR count). The number of nitrogen functional groups attached to an aromatic ring is 1. The molecule has 1 aromatic heterocycles. The van der Waals surface area contributed by atoms with Gasteiger partial charge in [0.25, 0.3) is 0 Å². The second-order valence-corrected chi connectivity index (χ2v) is 4.63. The zero-order valence-corrected chi connectivity index (χ0v) is 11.7. The van der Waals surface area contributed by atoms with Gasteiger partial charge >= 0.3 is 0 Å². The van der Waals surface area contributed by atoms with Crippen LogP contribution in [0.4, 0.5) is 5.82 Å². The van der Waals surface area contributed by atoms with Crippen molar-refractivity contribution in [3.8, 4) is 11.6 Å². The van der Waals surface area contributed by atoms with E-state index in [0.717, 1.165) is 16.1 Å². The number of nitrogens with one attached hydrogen (secondary N) is 1. The van der Waals surface area contributed by atoms with Gasteiger partial charge in [0.15, 0.2) is 0 Å². The first kappa shape index (κ1) is 13.6. The Labute approximate surface area is 116 Å². The van der Waals surface area contributed by atoms with Crippen LogP contribution in [0.5, 0.6) is 11.6 Å². The first-order chi connectivity index (χ1) is 8.99. The van der Waals surface area contributed by atoms with Crippen molar-refractivity contribution in [3.63, 3.8) is 0 Å². The molecule has 3 N–H and O–H groups in total. The van der Waals surface area contributed by atoms with E-state index in [1.54, 1.807) is 13.0 Å². The Hall–Kier alpha value is -1.85. The third-order valence-corrected chi connectivity index (χ3v) is 3.19. The number of anilines is 1. The molecule has 0 aliphatic rings. The standard InChI is InChI=1S/C13H15ClN4O/c1-7-4-10(5-8(2)13(7)14)19-12-6-11(18-15)16-9(3)17-12/h4-6H,15H2,1-3H3,(H,16,17,18). The molecule has 1 heterocycles. The average molecular weight is 279 g/mol. The quantitative estimate of drug-likeness (QED) is 0.666. The van der Waals surface area contributed by atoms with Crippen LogP contribution >= 0.6 is 11.6 Å². The largest absolute Gasteiger partial charge is 0.439 e. The number of benzene rings is 1. The predicted octanol–water partition coefficient (Wildman–Crippen LogP) is 3.13. The van der Waals surface area contributed by atoms with Crippen molar-refractivity contribution >= 4 is 17.4 Å². The lowest BCUT2D eigenvalue weighted by Gasteiger charge is -2.10. The topological polar surface area (TPSA) is 73.1 Å². The Morgan fingerprint density at radius 2 is 1.74 bits per heavy atom. The van der Waals surface area contributed by atoms with E-state index < -0.39 is 0 Å². The van der Waals surface area contributed by atoms with Gasteiger partial charge in [0.1, 0.15) is 17.4 Å². The zero-order chi connectivity index (χ0) is 14.0. The van der Waals surface area contributed by atoms with Crippen molar-refractivity contribution in [2.24, 2.45) is 5.84 Å². The number of ether oxygens (including phenoxy) is 1. The molecular formula is C13H15ClN4O. The van der Waals surface area contributed by atoms with Gasteiger partial charge in [0.2, 0.25) is 5.88 Å². The lowest BCUT2D eigenvalue weighted by atomic mass is 10.1. The number of hydrogen-bond donors (Lipinski definition) is 2. The summed E-state index contributed by atoms with van der Waals surface area (Å²) in [6.07, 6.45) is 0. The van der Waals surface area contributed by atoms with Gasteiger partial charge in [0, 0.05) is 11.1 Å². The molecule has 0 amide bonds. The molecule has 0 saturated carbocycles. The lowest BCUT2D eigenvalue weighted by Crippen LogP contribution is -2.09. The molecule has 0 aliphatic carbocycles. The third-order valence-electron chi connectivity index (χ3n) is 2.59. The second kappa shape index (κ2) is 5.42. The molecule has 0 unspecified atom stereocenters. The van der Waals surface area contributed by atoms with Crippen molar-refractivity contribution < 1.29 is 4.74 Å². The highest BCUT2D eigenvalue weighted by Gasteiger charge is 2.07. The summed E-state index contributed by atoms with van der Waals surface area (Å²) in [6, 6.07) is 5.36. The Morgan fingerprint density at radius 3 is 2.32 bits per heavy atom. The molecule has 6 heteroatoms. The molecule has 0 fully saturated rings. The van der Waals surface area contributed by atoms with Crippen molar-refractivity contribution in [1.29, 1.82) is 0 Å².